The average molecular weight is 409 g/mol. The van der Waals surface area contributed by atoms with Gasteiger partial charge in [0.25, 0.3) is 0 Å². The molecule has 2 aromatic carbocycles. The smallest absolute Gasteiger partial charge is 0.317 e. The summed E-state index contributed by atoms with van der Waals surface area (Å²) in [5.74, 6) is 0.301. The second-order valence-corrected chi connectivity index (χ2v) is 7.61. The van der Waals surface area contributed by atoms with Crippen molar-refractivity contribution in [3.05, 3.63) is 71.8 Å². The Morgan fingerprint density at radius 2 is 1.43 bits per heavy atom. The molecule has 0 unspecified atom stereocenters. The fourth-order valence-corrected chi connectivity index (χ4v) is 3.88. The Kier molecular flexibility index (Phi) is 8.27. The van der Waals surface area contributed by atoms with E-state index in [1.807, 2.05) is 24.0 Å². The van der Waals surface area contributed by atoms with Crippen LogP contribution >= 0.6 is 0 Å². The molecule has 160 valence electrons. The molecule has 2 aromatic rings. The Morgan fingerprint density at radius 1 is 0.867 bits per heavy atom. The Hall–Kier alpha value is -2.86. The molecule has 1 heterocycles. The van der Waals surface area contributed by atoms with Crippen LogP contribution in [0.5, 0.6) is 0 Å². The number of nitrogens with zero attached hydrogens (tertiary/aromatic N) is 2. The number of amides is 3. The molecular weight excluding hydrogens is 376 g/mol. The van der Waals surface area contributed by atoms with Crippen LogP contribution in [0.4, 0.5) is 4.79 Å². The van der Waals surface area contributed by atoms with E-state index in [0.717, 1.165) is 19.5 Å². The van der Waals surface area contributed by atoms with Gasteiger partial charge in [-0.05, 0) is 24.5 Å². The summed E-state index contributed by atoms with van der Waals surface area (Å²) in [7, 11) is 0. The van der Waals surface area contributed by atoms with Crippen LogP contribution < -0.4 is 10.6 Å². The number of carbonyl (C=O) groups is 2. The van der Waals surface area contributed by atoms with Gasteiger partial charge in [-0.1, -0.05) is 60.7 Å². The SMILES string of the molecule is CCNC(=O)N1CCN(CC(=O)NCCC(c2ccccc2)c2ccccc2)CC1. The summed E-state index contributed by atoms with van der Waals surface area (Å²) in [4.78, 5) is 28.2. The van der Waals surface area contributed by atoms with Crippen molar-refractivity contribution in [1.29, 1.82) is 0 Å². The van der Waals surface area contributed by atoms with Gasteiger partial charge in [0.2, 0.25) is 5.91 Å². The number of carbonyl (C=O) groups excluding carboxylic acids is 2. The van der Waals surface area contributed by atoms with Gasteiger partial charge in [0.15, 0.2) is 0 Å². The molecule has 3 rings (SSSR count). The molecule has 30 heavy (non-hydrogen) atoms. The highest BCUT2D eigenvalue weighted by Crippen LogP contribution is 2.27. The maximum Gasteiger partial charge on any atom is 0.317 e. The van der Waals surface area contributed by atoms with Crippen molar-refractivity contribution in [2.45, 2.75) is 19.3 Å². The van der Waals surface area contributed by atoms with Crippen LogP contribution in [-0.4, -0.2) is 67.6 Å². The normalized spacial score (nSPS) is 14.5. The third-order valence-electron chi connectivity index (χ3n) is 5.51. The lowest BCUT2D eigenvalue weighted by atomic mass is 9.88. The second kappa shape index (κ2) is 11.4. The van der Waals surface area contributed by atoms with Gasteiger partial charge in [0.05, 0.1) is 6.54 Å². The van der Waals surface area contributed by atoms with Crippen LogP contribution in [0.2, 0.25) is 0 Å². The molecule has 6 nitrogen and oxygen atoms in total. The third-order valence-corrected chi connectivity index (χ3v) is 5.51. The van der Waals surface area contributed by atoms with Crippen LogP contribution in [0.3, 0.4) is 0 Å². The van der Waals surface area contributed by atoms with Crippen molar-refractivity contribution in [3.63, 3.8) is 0 Å². The predicted octanol–water partition coefficient (Wildman–Crippen LogP) is 2.67. The number of hydrogen-bond acceptors (Lipinski definition) is 3. The molecule has 0 bridgehead atoms. The van der Waals surface area contributed by atoms with Crippen LogP contribution in [0.15, 0.2) is 60.7 Å². The van der Waals surface area contributed by atoms with Gasteiger partial charge in [0, 0.05) is 45.2 Å². The monoisotopic (exact) mass is 408 g/mol. The topological polar surface area (TPSA) is 64.7 Å². The van der Waals surface area contributed by atoms with E-state index in [-0.39, 0.29) is 17.9 Å². The molecular formula is C24H32N4O2. The maximum atomic E-state index is 12.4. The maximum absolute atomic E-state index is 12.4. The highest BCUT2D eigenvalue weighted by molar-refractivity contribution is 5.78. The number of piperazine rings is 1. The van der Waals surface area contributed by atoms with E-state index in [1.54, 1.807) is 0 Å². The highest BCUT2D eigenvalue weighted by Gasteiger charge is 2.22. The fraction of sp³-hybridized carbons (Fsp3) is 0.417. The molecule has 1 fully saturated rings. The van der Waals surface area contributed by atoms with E-state index in [2.05, 4.69) is 64.1 Å². The van der Waals surface area contributed by atoms with Gasteiger partial charge >= 0.3 is 6.03 Å². The Bertz CT molecular complexity index is 750. The van der Waals surface area contributed by atoms with Crippen molar-refractivity contribution < 1.29 is 9.59 Å². The van der Waals surface area contributed by atoms with Gasteiger partial charge in [-0.2, -0.15) is 0 Å². The summed E-state index contributed by atoms with van der Waals surface area (Å²) in [5.41, 5.74) is 2.53. The van der Waals surface area contributed by atoms with Gasteiger partial charge < -0.3 is 15.5 Å². The van der Waals surface area contributed by atoms with Crippen LogP contribution in [0, 0.1) is 0 Å². The lowest BCUT2D eigenvalue weighted by Gasteiger charge is -2.34. The number of benzene rings is 2. The lowest BCUT2D eigenvalue weighted by molar-refractivity contribution is -0.122. The summed E-state index contributed by atoms with van der Waals surface area (Å²) >= 11 is 0. The van der Waals surface area contributed by atoms with E-state index < -0.39 is 0 Å². The Morgan fingerprint density at radius 3 is 1.97 bits per heavy atom. The van der Waals surface area contributed by atoms with Crippen LogP contribution in [0.1, 0.15) is 30.4 Å². The molecule has 1 saturated heterocycles. The molecule has 2 N–H and O–H groups in total. The van der Waals surface area contributed by atoms with Crippen molar-refractivity contribution in [3.8, 4) is 0 Å². The van der Waals surface area contributed by atoms with Gasteiger partial charge in [0.1, 0.15) is 0 Å². The zero-order valence-corrected chi connectivity index (χ0v) is 17.7. The first-order chi connectivity index (χ1) is 14.7. The highest BCUT2D eigenvalue weighted by atomic mass is 16.2. The zero-order chi connectivity index (χ0) is 21.2. The minimum Gasteiger partial charge on any atom is -0.355 e. The molecule has 0 spiro atoms. The summed E-state index contributed by atoms with van der Waals surface area (Å²) in [5, 5.41) is 5.91. The van der Waals surface area contributed by atoms with Crippen molar-refractivity contribution in [1.82, 2.24) is 20.4 Å². The summed E-state index contributed by atoms with van der Waals surface area (Å²) in [6.07, 6.45) is 0.852. The molecule has 0 aliphatic carbocycles. The van der Waals surface area contributed by atoms with Gasteiger partial charge in [-0.25, -0.2) is 4.79 Å². The van der Waals surface area contributed by atoms with Gasteiger partial charge in [-0.15, -0.1) is 0 Å². The Balaban J connectivity index is 1.45. The number of hydrogen-bond donors (Lipinski definition) is 2. The number of nitrogens with one attached hydrogen (secondary N) is 2. The van der Waals surface area contributed by atoms with Crippen molar-refractivity contribution >= 4 is 11.9 Å². The van der Waals surface area contributed by atoms with E-state index in [4.69, 9.17) is 0 Å². The minimum absolute atomic E-state index is 0.0190. The molecule has 0 atom stereocenters. The fourth-order valence-electron chi connectivity index (χ4n) is 3.88. The van der Waals surface area contributed by atoms with Crippen LogP contribution in [0.25, 0.3) is 0 Å². The quantitative estimate of drug-likeness (QED) is 0.706. The zero-order valence-electron chi connectivity index (χ0n) is 17.7. The number of rotatable bonds is 8. The lowest BCUT2D eigenvalue weighted by Crippen LogP contribution is -2.53. The molecule has 0 aromatic heterocycles. The van der Waals surface area contributed by atoms with E-state index in [1.165, 1.54) is 11.1 Å². The molecule has 0 saturated carbocycles. The van der Waals surface area contributed by atoms with E-state index in [0.29, 0.717) is 32.7 Å². The average Bonchev–Trinajstić information content (AvgIpc) is 2.78. The van der Waals surface area contributed by atoms with E-state index in [9.17, 15) is 9.59 Å². The van der Waals surface area contributed by atoms with Crippen molar-refractivity contribution in [2.75, 3.05) is 45.8 Å². The summed E-state index contributed by atoms with van der Waals surface area (Å²) < 4.78 is 0. The second-order valence-electron chi connectivity index (χ2n) is 7.61. The number of urea groups is 1. The molecule has 1 aliphatic rings. The minimum atomic E-state index is -0.0190. The summed E-state index contributed by atoms with van der Waals surface area (Å²) in [6.45, 7) is 6.32. The molecule has 6 heteroatoms. The molecule has 0 radical (unpaired) electrons. The first-order valence-corrected chi connectivity index (χ1v) is 10.8. The first-order valence-electron chi connectivity index (χ1n) is 10.8. The van der Waals surface area contributed by atoms with Gasteiger partial charge in [-0.3, -0.25) is 9.69 Å². The van der Waals surface area contributed by atoms with E-state index >= 15 is 0 Å². The largest absolute Gasteiger partial charge is 0.355 e. The van der Waals surface area contributed by atoms with Crippen molar-refractivity contribution in [2.24, 2.45) is 0 Å². The predicted molar refractivity (Wildman–Crippen MR) is 119 cm³/mol. The first kappa shape index (κ1) is 21.8. The Labute approximate surface area is 179 Å². The van der Waals surface area contributed by atoms with Crippen LogP contribution in [-0.2, 0) is 4.79 Å². The molecule has 3 amide bonds. The molecule has 1 aliphatic heterocycles. The summed E-state index contributed by atoms with van der Waals surface area (Å²) in [6, 6.07) is 20.9. The standard InChI is InChI=1S/C24H32N4O2/c1-2-25-24(30)28-17-15-27(16-18-28)19-23(29)26-14-13-22(20-9-5-3-6-10-20)21-11-7-4-8-12-21/h3-12,22H,2,13-19H2,1H3,(H,25,30)(H,26,29). The third kappa shape index (κ3) is 6.32.